The maximum Gasteiger partial charge on any atom is 0.191 e. The molecule has 0 saturated heterocycles. The van der Waals surface area contributed by atoms with E-state index < -0.39 is 0 Å². The minimum Gasteiger partial charge on any atom is -0.487 e. The number of rotatable bonds is 6. The van der Waals surface area contributed by atoms with E-state index in [0.29, 0.717) is 6.54 Å². The molecule has 6 heteroatoms. The zero-order valence-corrected chi connectivity index (χ0v) is 18.5. The van der Waals surface area contributed by atoms with Crippen LogP contribution in [0.5, 0.6) is 5.75 Å². The quantitative estimate of drug-likeness (QED) is 0.468. The fourth-order valence-electron chi connectivity index (χ4n) is 4.06. The second-order valence-electron chi connectivity index (χ2n) is 8.50. The van der Waals surface area contributed by atoms with Crippen LogP contribution in [-0.4, -0.2) is 28.2 Å². The maximum absolute atomic E-state index is 6.15. The van der Waals surface area contributed by atoms with Crippen molar-refractivity contribution in [3.05, 3.63) is 83.9 Å². The van der Waals surface area contributed by atoms with Crippen LogP contribution in [0.2, 0.25) is 0 Å². The normalized spacial score (nSPS) is 17.5. The molecule has 2 N–H and O–H groups in total. The SMILES string of the molecule is CN=C(NCc1nccn1CCc1ccccc1)NC1CC(C)(C)Oc2ccccc21. The minimum absolute atomic E-state index is 0.129. The summed E-state index contributed by atoms with van der Waals surface area (Å²) >= 11 is 0. The van der Waals surface area contributed by atoms with Gasteiger partial charge < -0.3 is 19.9 Å². The standard InChI is InChI=1S/C25H31N5O/c1-25(2)17-21(20-11-7-8-12-22(20)31-25)29-24(26-3)28-18-23-27-14-16-30(23)15-13-19-9-5-4-6-10-19/h4-12,14,16,21H,13,15,17-18H2,1-3H3,(H2,26,28,29). The van der Waals surface area contributed by atoms with Crippen molar-refractivity contribution in [2.75, 3.05) is 7.05 Å². The van der Waals surface area contributed by atoms with Gasteiger partial charge in [-0.05, 0) is 31.9 Å². The van der Waals surface area contributed by atoms with Gasteiger partial charge in [-0.25, -0.2) is 4.98 Å². The summed E-state index contributed by atoms with van der Waals surface area (Å²) in [5.41, 5.74) is 2.25. The molecule has 1 unspecified atom stereocenters. The first-order valence-corrected chi connectivity index (χ1v) is 10.8. The first kappa shape index (κ1) is 21.0. The topological polar surface area (TPSA) is 63.5 Å². The van der Waals surface area contributed by atoms with Gasteiger partial charge in [-0.2, -0.15) is 0 Å². The molecule has 4 rings (SSSR count). The molecule has 0 fully saturated rings. The van der Waals surface area contributed by atoms with Crippen molar-refractivity contribution in [2.45, 2.75) is 51.4 Å². The molecule has 0 amide bonds. The van der Waals surface area contributed by atoms with Gasteiger partial charge in [0.05, 0.1) is 12.6 Å². The highest BCUT2D eigenvalue weighted by Crippen LogP contribution is 2.39. The molecular weight excluding hydrogens is 386 g/mol. The lowest BCUT2D eigenvalue weighted by Gasteiger charge is -2.38. The molecule has 1 aliphatic rings. The molecule has 3 aromatic rings. The molecule has 1 atom stereocenters. The number of aromatic nitrogens is 2. The summed E-state index contributed by atoms with van der Waals surface area (Å²) in [7, 11) is 1.80. The number of imidazole rings is 1. The molecule has 1 aromatic heterocycles. The third-order valence-electron chi connectivity index (χ3n) is 5.61. The highest BCUT2D eigenvalue weighted by molar-refractivity contribution is 5.80. The lowest BCUT2D eigenvalue weighted by Crippen LogP contribution is -2.45. The van der Waals surface area contributed by atoms with Crippen molar-refractivity contribution < 1.29 is 4.74 Å². The number of fused-ring (bicyclic) bond motifs is 1. The van der Waals surface area contributed by atoms with Crippen LogP contribution in [0, 0.1) is 0 Å². The van der Waals surface area contributed by atoms with Crippen molar-refractivity contribution in [3.63, 3.8) is 0 Å². The van der Waals surface area contributed by atoms with Crippen LogP contribution in [0.1, 0.15) is 43.3 Å². The second-order valence-corrected chi connectivity index (χ2v) is 8.50. The molecule has 0 spiro atoms. The summed E-state index contributed by atoms with van der Waals surface area (Å²) in [6, 6.07) is 18.9. The van der Waals surface area contributed by atoms with Crippen LogP contribution >= 0.6 is 0 Å². The predicted octanol–water partition coefficient (Wildman–Crippen LogP) is 4.09. The van der Waals surface area contributed by atoms with E-state index in [1.165, 1.54) is 5.56 Å². The lowest BCUT2D eigenvalue weighted by molar-refractivity contribution is 0.0694. The summed E-state index contributed by atoms with van der Waals surface area (Å²) < 4.78 is 8.34. The molecule has 0 radical (unpaired) electrons. The number of aryl methyl sites for hydroxylation is 2. The van der Waals surface area contributed by atoms with Crippen LogP contribution < -0.4 is 15.4 Å². The van der Waals surface area contributed by atoms with Crippen molar-refractivity contribution in [1.29, 1.82) is 0 Å². The highest BCUT2D eigenvalue weighted by atomic mass is 16.5. The maximum atomic E-state index is 6.15. The van der Waals surface area contributed by atoms with Gasteiger partial charge in [0.25, 0.3) is 0 Å². The Bertz CT molecular complexity index is 1030. The Labute approximate surface area is 184 Å². The fourth-order valence-corrected chi connectivity index (χ4v) is 4.06. The number of nitrogens with zero attached hydrogens (tertiary/aromatic N) is 3. The summed E-state index contributed by atoms with van der Waals surface area (Å²) in [4.78, 5) is 8.98. The molecule has 2 aromatic carbocycles. The van der Waals surface area contributed by atoms with Gasteiger partial charge in [0.2, 0.25) is 0 Å². The van der Waals surface area contributed by atoms with Gasteiger partial charge in [0.15, 0.2) is 5.96 Å². The van der Waals surface area contributed by atoms with E-state index in [2.05, 4.69) is 75.4 Å². The van der Waals surface area contributed by atoms with Crippen molar-refractivity contribution in [2.24, 2.45) is 4.99 Å². The number of para-hydroxylation sites is 1. The highest BCUT2D eigenvalue weighted by Gasteiger charge is 2.33. The first-order valence-electron chi connectivity index (χ1n) is 10.8. The first-order chi connectivity index (χ1) is 15.0. The Morgan fingerprint density at radius 2 is 1.94 bits per heavy atom. The molecule has 0 saturated carbocycles. The molecule has 0 bridgehead atoms. The van der Waals surface area contributed by atoms with Gasteiger partial charge in [-0.3, -0.25) is 4.99 Å². The average Bonchev–Trinajstić information content (AvgIpc) is 3.22. The molecule has 162 valence electrons. The van der Waals surface area contributed by atoms with Crippen molar-refractivity contribution in [1.82, 2.24) is 20.2 Å². The van der Waals surface area contributed by atoms with E-state index in [1.54, 1.807) is 7.05 Å². The van der Waals surface area contributed by atoms with E-state index >= 15 is 0 Å². The molecular formula is C25H31N5O. The van der Waals surface area contributed by atoms with E-state index in [4.69, 9.17) is 4.74 Å². The number of aliphatic imine (C=N–C) groups is 1. The van der Waals surface area contributed by atoms with Gasteiger partial charge in [-0.15, -0.1) is 0 Å². The van der Waals surface area contributed by atoms with E-state index in [-0.39, 0.29) is 11.6 Å². The predicted molar refractivity (Wildman–Crippen MR) is 124 cm³/mol. The molecule has 0 aliphatic carbocycles. The Hall–Kier alpha value is -3.28. The minimum atomic E-state index is -0.238. The van der Waals surface area contributed by atoms with Crippen LogP contribution in [0.4, 0.5) is 0 Å². The fraction of sp³-hybridized carbons (Fsp3) is 0.360. The van der Waals surface area contributed by atoms with Crippen LogP contribution in [0.15, 0.2) is 72.0 Å². The monoisotopic (exact) mass is 417 g/mol. The van der Waals surface area contributed by atoms with E-state index in [9.17, 15) is 0 Å². The molecule has 31 heavy (non-hydrogen) atoms. The van der Waals surface area contributed by atoms with Gasteiger partial charge in [-0.1, -0.05) is 48.5 Å². The number of hydrogen-bond acceptors (Lipinski definition) is 3. The summed E-state index contributed by atoms with van der Waals surface area (Å²) in [5.74, 6) is 2.69. The Balaban J connectivity index is 1.38. The van der Waals surface area contributed by atoms with Crippen LogP contribution in [-0.2, 0) is 19.5 Å². The smallest absolute Gasteiger partial charge is 0.191 e. The number of ether oxygens (including phenoxy) is 1. The van der Waals surface area contributed by atoms with E-state index in [0.717, 1.165) is 42.5 Å². The molecule has 6 nitrogen and oxygen atoms in total. The third-order valence-corrected chi connectivity index (χ3v) is 5.61. The summed E-state index contributed by atoms with van der Waals surface area (Å²) in [6.07, 6.45) is 5.73. The molecule has 2 heterocycles. The van der Waals surface area contributed by atoms with E-state index in [1.807, 2.05) is 30.6 Å². The Morgan fingerprint density at radius 1 is 1.16 bits per heavy atom. The molecule has 1 aliphatic heterocycles. The van der Waals surface area contributed by atoms with Gasteiger partial charge >= 0.3 is 0 Å². The number of guanidine groups is 1. The van der Waals surface area contributed by atoms with Gasteiger partial charge in [0, 0.05) is 38.0 Å². The van der Waals surface area contributed by atoms with Crippen molar-refractivity contribution >= 4 is 5.96 Å². The van der Waals surface area contributed by atoms with Crippen molar-refractivity contribution in [3.8, 4) is 5.75 Å². The van der Waals surface area contributed by atoms with Crippen LogP contribution in [0.25, 0.3) is 0 Å². The lowest BCUT2D eigenvalue weighted by atomic mass is 9.90. The average molecular weight is 418 g/mol. The zero-order chi connectivity index (χ0) is 21.7. The number of hydrogen-bond donors (Lipinski definition) is 2. The summed E-state index contributed by atoms with van der Waals surface area (Å²) in [6.45, 7) is 5.75. The zero-order valence-electron chi connectivity index (χ0n) is 18.5. The number of nitrogens with one attached hydrogen (secondary N) is 2. The second kappa shape index (κ2) is 9.25. The Morgan fingerprint density at radius 3 is 2.74 bits per heavy atom. The largest absolute Gasteiger partial charge is 0.487 e. The number of benzene rings is 2. The van der Waals surface area contributed by atoms with Gasteiger partial charge in [0.1, 0.15) is 17.2 Å². The Kier molecular flexibility index (Phi) is 6.26. The summed E-state index contributed by atoms with van der Waals surface area (Å²) in [5, 5.41) is 7.01. The third kappa shape index (κ3) is 5.26. The van der Waals surface area contributed by atoms with Crippen LogP contribution in [0.3, 0.4) is 0 Å².